The van der Waals surface area contributed by atoms with Crippen molar-refractivity contribution in [3.05, 3.63) is 95.0 Å². The average molecular weight is 614 g/mol. The van der Waals surface area contributed by atoms with E-state index < -0.39 is 16.1 Å². The molecule has 0 fully saturated rings. The molecule has 0 saturated carbocycles. The molecule has 0 bridgehead atoms. The number of amides is 2. The molecule has 2 amide bonds. The summed E-state index contributed by atoms with van der Waals surface area (Å²) < 4.78 is 32.1. The van der Waals surface area contributed by atoms with E-state index in [0.717, 1.165) is 23.8 Å². The lowest BCUT2D eigenvalue weighted by molar-refractivity contribution is -0.141. The third-order valence-electron chi connectivity index (χ3n) is 7.04. The quantitative estimate of drug-likeness (QED) is 0.246. The van der Waals surface area contributed by atoms with Crippen LogP contribution in [0.5, 0.6) is 5.75 Å². The fourth-order valence-electron chi connectivity index (χ4n) is 4.60. The van der Waals surface area contributed by atoms with E-state index in [2.05, 4.69) is 5.32 Å². The van der Waals surface area contributed by atoms with Gasteiger partial charge in [-0.1, -0.05) is 73.1 Å². The SMILES string of the molecule is CC[C@H](C)NC(=O)[C@@H](Cc1ccccc1)N(Cc1ccc(Cl)cc1)C(=O)CCCN(c1ccccc1OC)S(C)(=O)=O. The third kappa shape index (κ3) is 9.49. The first kappa shape index (κ1) is 32.9. The Morgan fingerprint density at radius 2 is 1.60 bits per heavy atom. The Balaban J connectivity index is 1.90. The zero-order valence-corrected chi connectivity index (χ0v) is 26.2. The van der Waals surface area contributed by atoms with Gasteiger partial charge in [0.05, 0.1) is 19.1 Å². The van der Waals surface area contributed by atoms with Crippen LogP contribution >= 0.6 is 11.6 Å². The molecule has 0 saturated heterocycles. The van der Waals surface area contributed by atoms with Crippen LogP contribution in [0.2, 0.25) is 5.02 Å². The number of halogens is 1. The van der Waals surface area contributed by atoms with Crippen LogP contribution in [0.1, 0.15) is 44.2 Å². The zero-order valence-electron chi connectivity index (χ0n) is 24.6. The van der Waals surface area contributed by atoms with Crippen LogP contribution in [0.25, 0.3) is 0 Å². The maximum absolute atomic E-state index is 13.9. The molecule has 0 heterocycles. The number of carbonyl (C=O) groups excluding carboxylic acids is 2. The Kier molecular flexibility index (Phi) is 12.2. The van der Waals surface area contributed by atoms with Gasteiger partial charge in [-0.15, -0.1) is 0 Å². The number of methoxy groups -OCH3 is 1. The number of rotatable bonds is 15. The summed E-state index contributed by atoms with van der Waals surface area (Å²) in [7, 11) is -2.18. The molecule has 0 aliphatic carbocycles. The molecule has 0 spiro atoms. The highest BCUT2D eigenvalue weighted by Gasteiger charge is 2.31. The molecule has 226 valence electrons. The molecule has 3 rings (SSSR count). The highest BCUT2D eigenvalue weighted by Crippen LogP contribution is 2.30. The normalized spacial score (nSPS) is 12.7. The first-order chi connectivity index (χ1) is 20.0. The van der Waals surface area contributed by atoms with Gasteiger partial charge in [0.15, 0.2) is 0 Å². The van der Waals surface area contributed by atoms with Crippen LogP contribution in [0.15, 0.2) is 78.9 Å². The molecular formula is C32H40ClN3O5S. The van der Waals surface area contributed by atoms with E-state index in [9.17, 15) is 18.0 Å². The Bertz CT molecular complexity index is 1420. The summed E-state index contributed by atoms with van der Waals surface area (Å²) in [6, 6.07) is 22.8. The number of nitrogens with zero attached hydrogens (tertiary/aromatic N) is 2. The molecule has 10 heteroatoms. The van der Waals surface area contributed by atoms with Crippen LogP contribution in [0, 0.1) is 0 Å². The van der Waals surface area contributed by atoms with E-state index in [1.807, 2.05) is 56.3 Å². The maximum atomic E-state index is 13.9. The van der Waals surface area contributed by atoms with E-state index in [0.29, 0.717) is 22.9 Å². The maximum Gasteiger partial charge on any atom is 0.243 e. The molecule has 42 heavy (non-hydrogen) atoms. The predicted molar refractivity (Wildman–Crippen MR) is 168 cm³/mol. The van der Waals surface area contributed by atoms with Crippen molar-refractivity contribution in [2.75, 3.05) is 24.2 Å². The Morgan fingerprint density at radius 1 is 0.952 bits per heavy atom. The Labute approximate surface area is 254 Å². The van der Waals surface area contributed by atoms with Crippen LogP contribution in [-0.2, 0) is 32.6 Å². The van der Waals surface area contributed by atoms with Gasteiger partial charge in [0.2, 0.25) is 21.8 Å². The number of ether oxygens (including phenoxy) is 1. The fraction of sp³-hybridized carbons (Fsp3) is 0.375. The third-order valence-corrected chi connectivity index (χ3v) is 8.48. The van der Waals surface area contributed by atoms with E-state index >= 15 is 0 Å². The van der Waals surface area contributed by atoms with Gasteiger partial charge in [-0.2, -0.15) is 0 Å². The summed E-state index contributed by atoms with van der Waals surface area (Å²) >= 11 is 6.10. The van der Waals surface area contributed by atoms with Gasteiger partial charge in [0, 0.05) is 37.0 Å². The fourth-order valence-corrected chi connectivity index (χ4v) is 5.69. The number of benzene rings is 3. The van der Waals surface area contributed by atoms with Gasteiger partial charge in [-0.25, -0.2) is 8.42 Å². The summed E-state index contributed by atoms with van der Waals surface area (Å²) in [5.41, 5.74) is 2.16. The minimum absolute atomic E-state index is 0.0384. The summed E-state index contributed by atoms with van der Waals surface area (Å²) in [6.45, 7) is 4.19. The number of carbonyl (C=O) groups is 2. The Morgan fingerprint density at radius 3 is 2.21 bits per heavy atom. The molecule has 8 nitrogen and oxygen atoms in total. The summed E-state index contributed by atoms with van der Waals surface area (Å²) in [5, 5.41) is 3.63. The first-order valence-corrected chi connectivity index (χ1v) is 16.2. The molecule has 0 aliphatic heterocycles. The largest absolute Gasteiger partial charge is 0.495 e. The van der Waals surface area contributed by atoms with Gasteiger partial charge in [0.1, 0.15) is 11.8 Å². The number of sulfonamides is 1. The number of hydrogen-bond donors (Lipinski definition) is 1. The van der Waals surface area contributed by atoms with Crippen LogP contribution in [0.4, 0.5) is 5.69 Å². The summed E-state index contributed by atoms with van der Waals surface area (Å²) in [5.74, 6) is -0.0655. The lowest BCUT2D eigenvalue weighted by Gasteiger charge is -2.33. The first-order valence-electron chi connectivity index (χ1n) is 14.0. The topological polar surface area (TPSA) is 96.0 Å². The van der Waals surface area contributed by atoms with Gasteiger partial charge in [-0.05, 0) is 55.2 Å². The predicted octanol–water partition coefficient (Wildman–Crippen LogP) is 5.45. The summed E-state index contributed by atoms with van der Waals surface area (Å²) in [4.78, 5) is 29.2. The van der Waals surface area contributed by atoms with Crippen molar-refractivity contribution in [3.63, 3.8) is 0 Å². The average Bonchev–Trinajstić information content (AvgIpc) is 2.97. The van der Waals surface area contributed by atoms with Crippen LogP contribution in [0.3, 0.4) is 0 Å². The van der Waals surface area contributed by atoms with Crippen molar-refractivity contribution in [2.24, 2.45) is 0 Å². The molecule has 3 aromatic rings. The van der Waals surface area contributed by atoms with E-state index in [-0.39, 0.29) is 43.8 Å². The van der Waals surface area contributed by atoms with Crippen molar-refractivity contribution < 1.29 is 22.7 Å². The lowest BCUT2D eigenvalue weighted by Crippen LogP contribution is -2.52. The molecule has 1 N–H and O–H groups in total. The smallest absolute Gasteiger partial charge is 0.243 e. The monoisotopic (exact) mass is 613 g/mol. The molecule has 2 atom stereocenters. The van der Waals surface area contributed by atoms with Crippen LogP contribution in [-0.4, -0.2) is 57.1 Å². The molecule has 0 aliphatic rings. The standard InChI is InChI=1S/C32H40ClN3O5S/c1-5-24(2)34-32(38)29(22-25-12-7-6-8-13-25)35(23-26-17-19-27(33)20-18-26)31(37)16-11-21-36(42(4,39)40)28-14-9-10-15-30(28)41-3/h6-10,12-15,17-20,24,29H,5,11,16,21-23H2,1-4H3,(H,34,38)/t24-,29+/m0/s1. The van der Waals surface area contributed by atoms with Gasteiger partial charge < -0.3 is 15.0 Å². The second-order valence-electron chi connectivity index (χ2n) is 10.3. The molecular weight excluding hydrogens is 574 g/mol. The molecule has 0 unspecified atom stereocenters. The van der Waals surface area contributed by atoms with Gasteiger partial charge in [-0.3, -0.25) is 13.9 Å². The molecule has 0 aromatic heterocycles. The van der Waals surface area contributed by atoms with E-state index in [1.165, 1.54) is 11.4 Å². The lowest BCUT2D eigenvalue weighted by atomic mass is 10.0. The Hall–Kier alpha value is -3.56. The van der Waals surface area contributed by atoms with Gasteiger partial charge >= 0.3 is 0 Å². The summed E-state index contributed by atoms with van der Waals surface area (Å²) in [6.07, 6.45) is 2.49. The second kappa shape index (κ2) is 15.6. The number of hydrogen-bond acceptors (Lipinski definition) is 5. The van der Waals surface area contributed by atoms with Crippen molar-refractivity contribution in [1.29, 1.82) is 0 Å². The van der Waals surface area contributed by atoms with Crippen molar-refractivity contribution in [3.8, 4) is 5.75 Å². The van der Waals surface area contributed by atoms with E-state index in [4.69, 9.17) is 16.3 Å². The highest BCUT2D eigenvalue weighted by atomic mass is 35.5. The van der Waals surface area contributed by atoms with Crippen LogP contribution < -0.4 is 14.4 Å². The number of para-hydroxylation sites is 2. The number of anilines is 1. The second-order valence-corrected chi connectivity index (χ2v) is 12.6. The molecule has 0 radical (unpaired) electrons. The van der Waals surface area contributed by atoms with Crippen molar-refractivity contribution >= 4 is 39.1 Å². The minimum atomic E-state index is -3.66. The van der Waals surface area contributed by atoms with Crippen molar-refractivity contribution in [1.82, 2.24) is 10.2 Å². The zero-order chi connectivity index (χ0) is 30.7. The van der Waals surface area contributed by atoms with Gasteiger partial charge in [0.25, 0.3) is 0 Å². The van der Waals surface area contributed by atoms with E-state index in [1.54, 1.807) is 41.3 Å². The molecule has 3 aromatic carbocycles. The number of nitrogens with one attached hydrogen (secondary N) is 1. The highest BCUT2D eigenvalue weighted by molar-refractivity contribution is 7.92. The minimum Gasteiger partial charge on any atom is -0.495 e. The van der Waals surface area contributed by atoms with Crippen molar-refractivity contribution in [2.45, 2.75) is 58.2 Å².